The molecule has 0 aliphatic heterocycles. The van der Waals surface area contributed by atoms with Crippen molar-refractivity contribution in [3.05, 3.63) is 30.3 Å². The maximum absolute atomic E-state index is 11.1. The number of para-hydroxylation sites is 1. The zero-order valence-electron chi connectivity index (χ0n) is 8.01. The van der Waals surface area contributed by atoms with Crippen LogP contribution in [0.25, 0.3) is 0 Å². The number of anilines is 2. The number of rotatable bonds is 3. The highest BCUT2D eigenvalue weighted by Gasteiger charge is 2.06. The number of hydrogen-bond acceptors (Lipinski definition) is 5. The van der Waals surface area contributed by atoms with Crippen LogP contribution in [0.4, 0.5) is 10.8 Å². The fourth-order valence-corrected chi connectivity index (χ4v) is 2.33. The minimum absolute atomic E-state index is 0.374. The average Bonchev–Trinajstić information content (AvgIpc) is 2.68. The molecule has 1 aromatic carbocycles. The van der Waals surface area contributed by atoms with E-state index in [1.807, 2.05) is 30.3 Å². The highest BCUT2D eigenvalue weighted by molar-refractivity contribution is 7.84. The lowest BCUT2D eigenvalue weighted by molar-refractivity contribution is 0.682. The molecule has 0 radical (unpaired) electrons. The van der Waals surface area contributed by atoms with Gasteiger partial charge in [-0.2, -0.15) is 9.36 Å². The van der Waals surface area contributed by atoms with Crippen molar-refractivity contribution in [1.82, 2.24) is 9.36 Å². The van der Waals surface area contributed by atoms with Crippen molar-refractivity contribution >= 4 is 33.2 Å². The first-order valence-electron chi connectivity index (χ1n) is 4.25. The average molecular weight is 239 g/mol. The van der Waals surface area contributed by atoms with Crippen LogP contribution in [-0.4, -0.2) is 19.8 Å². The second-order valence-corrected chi connectivity index (χ2v) is 4.85. The molecule has 15 heavy (non-hydrogen) atoms. The van der Waals surface area contributed by atoms with Crippen LogP contribution in [0, 0.1) is 0 Å². The Balaban J connectivity index is 2.15. The van der Waals surface area contributed by atoms with Gasteiger partial charge in [0.1, 0.15) is 0 Å². The fraction of sp³-hybridized carbons (Fsp3) is 0.111. The van der Waals surface area contributed by atoms with Gasteiger partial charge in [-0.05, 0) is 12.1 Å². The quantitative estimate of drug-likeness (QED) is 0.890. The van der Waals surface area contributed by atoms with E-state index in [-0.39, 0.29) is 0 Å². The van der Waals surface area contributed by atoms with E-state index < -0.39 is 10.8 Å². The Morgan fingerprint density at radius 2 is 2.07 bits per heavy atom. The third-order valence-corrected chi connectivity index (χ3v) is 3.13. The van der Waals surface area contributed by atoms with E-state index in [0.717, 1.165) is 5.69 Å². The highest BCUT2D eigenvalue weighted by Crippen LogP contribution is 2.18. The van der Waals surface area contributed by atoms with E-state index in [2.05, 4.69) is 14.7 Å². The molecule has 1 heterocycles. The van der Waals surface area contributed by atoms with Crippen LogP contribution in [0.5, 0.6) is 0 Å². The summed E-state index contributed by atoms with van der Waals surface area (Å²) in [7, 11) is -1.12. The van der Waals surface area contributed by atoms with Gasteiger partial charge in [-0.1, -0.05) is 18.2 Å². The fourth-order valence-electron chi connectivity index (χ4n) is 1.02. The Labute approximate surface area is 94.0 Å². The maximum Gasteiger partial charge on any atom is 0.232 e. The summed E-state index contributed by atoms with van der Waals surface area (Å²) in [4.78, 5) is 4.10. The molecule has 2 rings (SSSR count). The van der Waals surface area contributed by atoms with Crippen LogP contribution in [-0.2, 0) is 10.8 Å². The molecule has 0 amide bonds. The topological polar surface area (TPSA) is 54.9 Å². The molecule has 0 spiro atoms. The van der Waals surface area contributed by atoms with Gasteiger partial charge >= 0.3 is 0 Å². The zero-order valence-corrected chi connectivity index (χ0v) is 9.64. The number of benzene rings is 1. The SMILES string of the molecule is CS(=O)c1nsc(Nc2ccccc2)n1. The number of nitrogens with zero attached hydrogens (tertiary/aromatic N) is 2. The van der Waals surface area contributed by atoms with Crippen molar-refractivity contribution in [2.75, 3.05) is 11.6 Å². The summed E-state index contributed by atoms with van der Waals surface area (Å²) in [5, 5.41) is 4.12. The molecule has 0 aliphatic rings. The molecule has 1 unspecified atom stereocenters. The van der Waals surface area contributed by atoms with Crippen LogP contribution in [0.15, 0.2) is 35.5 Å². The molecule has 1 aromatic heterocycles. The Kier molecular flexibility index (Phi) is 3.08. The van der Waals surface area contributed by atoms with Crippen LogP contribution in [0.1, 0.15) is 0 Å². The van der Waals surface area contributed by atoms with Crippen LogP contribution >= 0.6 is 11.5 Å². The van der Waals surface area contributed by atoms with Crippen molar-refractivity contribution in [3.63, 3.8) is 0 Å². The van der Waals surface area contributed by atoms with Crippen LogP contribution < -0.4 is 5.32 Å². The zero-order chi connectivity index (χ0) is 10.7. The second kappa shape index (κ2) is 4.50. The van der Waals surface area contributed by atoms with Crippen molar-refractivity contribution < 1.29 is 4.21 Å². The van der Waals surface area contributed by atoms with Crippen LogP contribution in [0.2, 0.25) is 0 Å². The largest absolute Gasteiger partial charge is 0.330 e. The molecular weight excluding hydrogens is 230 g/mol. The first-order chi connectivity index (χ1) is 7.25. The summed E-state index contributed by atoms with van der Waals surface area (Å²) < 4.78 is 15.1. The standard InChI is InChI=1S/C9H9N3OS2/c1-15(13)9-11-8(14-12-9)10-7-5-3-2-4-6-7/h2-6H,1H3,(H,10,11,12). The van der Waals surface area contributed by atoms with E-state index in [0.29, 0.717) is 10.3 Å². The molecule has 0 aliphatic carbocycles. The normalized spacial score (nSPS) is 12.3. The molecule has 6 heteroatoms. The third kappa shape index (κ3) is 2.60. The van der Waals surface area contributed by atoms with E-state index >= 15 is 0 Å². The van der Waals surface area contributed by atoms with Crippen LogP contribution in [0.3, 0.4) is 0 Å². The van der Waals surface area contributed by atoms with Gasteiger partial charge in [0.2, 0.25) is 10.3 Å². The molecular formula is C9H9N3OS2. The predicted molar refractivity (Wildman–Crippen MR) is 62.0 cm³/mol. The van der Waals surface area contributed by atoms with E-state index in [1.165, 1.54) is 11.5 Å². The van der Waals surface area contributed by atoms with Gasteiger partial charge in [0.05, 0.1) is 10.8 Å². The van der Waals surface area contributed by atoms with Crippen molar-refractivity contribution in [3.8, 4) is 0 Å². The monoisotopic (exact) mass is 239 g/mol. The summed E-state index contributed by atoms with van der Waals surface area (Å²) in [6.45, 7) is 0. The van der Waals surface area contributed by atoms with Gasteiger partial charge in [0, 0.05) is 23.5 Å². The van der Waals surface area contributed by atoms with Gasteiger partial charge in [-0.25, -0.2) is 0 Å². The lowest BCUT2D eigenvalue weighted by Crippen LogP contribution is -1.92. The molecule has 0 saturated carbocycles. The Bertz CT molecular complexity index is 469. The third-order valence-electron chi connectivity index (χ3n) is 1.69. The molecule has 0 saturated heterocycles. The Morgan fingerprint density at radius 3 is 2.67 bits per heavy atom. The highest BCUT2D eigenvalue weighted by atomic mass is 32.2. The van der Waals surface area contributed by atoms with Gasteiger partial charge in [-0.15, -0.1) is 0 Å². The minimum Gasteiger partial charge on any atom is -0.330 e. The van der Waals surface area contributed by atoms with Gasteiger partial charge < -0.3 is 5.32 Å². The molecule has 0 fully saturated rings. The van der Waals surface area contributed by atoms with Crippen molar-refractivity contribution in [2.24, 2.45) is 0 Å². The molecule has 0 bridgehead atoms. The van der Waals surface area contributed by atoms with Crippen molar-refractivity contribution in [1.29, 1.82) is 0 Å². The molecule has 4 nitrogen and oxygen atoms in total. The summed E-state index contributed by atoms with van der Waals surface area (Å²) in [6, 6.07) is 9.68. The summed E-state index contributed by atoms with van der Waals surface area (Å²) in [5.41, 5.74) is 0.946. The number of nitrogens with one attached hydrogen (secondary N) is 1. The van der Waals surface area contributed by atoms with E-state index in [4.69, 9.17) is 0 Å². The summed E-state index contributed by atoms with van der Waals surface area (Å²) in [6.07, 6.45) is 1.56. The lowest BCUT2D eigenvalue weighted by atomic mass is 10.3. The molecule has 2 aromatic rings. The molecule has 78 valence electrons. The maximum atomic E-state index is 11.1. The lowest BCUT2D eigenvalue weighted by Gasteiger charge is -1.99. The number of aromatic nitrogens is 2. The second-order valence-electron chi connectivity index (χ2n) is 2.83. The van der Waals surface area contributed by atoms with Gasteiger partial charge in [0.15, 0.2) is 0 Å². The van der Waals surface area contributed by atoms with E-state index in [1.54, 1.807) is 6.26 Å². The minimum atomic E-state index is -1.12. The summed E-state index contributed by atoms with van der Waals surface area (Å²) >= 11 is 1.21. The predicted octanol–water partition coefficient (Wildman–Crippen LogP) is 2.02. The number of hydrogen-bond donors (Lipinski definition) is 1. The molecule has 1 N–H and O–H groups in total. The van der Waals surface area contributed by atoms with Crippen molar-refractivity contribution in [2.45, 2.75) is 5.16 Å². The Morgan fingerprint density at radius 1 is 1.33 bits per heavy atom. The van der Waals surface area contributed by atoms with Gasteiger partial charge in [0.25, 0.3) is 0 Å². The van der Waals surface area contributed by atoms with E-state index in [9.17, 15) is 4.21 Å². The molecule has 1 atom stereocenters. The summed E-state index contributed by atoms with van der Waals surface area (Å²) in [5.74, 6) is 0. The first-order valence-corrected chi connectivity index (χ1v) is 6.58. The first kappa shape index (κ1) is 10.3. The van der Waals surface area contributed by atoms with Gasteiger partial charge in [-0.3, -0.25) is 4.21 Å². The smallest absolute Gasteiger partial charge is 0.232 e. The Hall–Kier alpha value is -1.27.